The van der Waals surface area contributed by atoms with Crippen molar-refractivity contribution in [3.05, 3.63) is 168 Å². The van der Waals surface area contributed by atoms with Crippen molar-refractivity contribution < 1.29 is 29.1 Å². The first-order valence-corrected chi connectivity index (χ1v) is 20.5. The number of rotatable bonds is 13. The van der Waals surface area contributed by atoms with E-state index in [-0.39, 0.29) is 68.4 Å². The molecule has 4 N–H and O–H groups in total. The molecule has 13 heteroatoms. The van der Waals surface area contributed by atoms with Crippen LogP contribution in [0.15, 0.2) is 140 Å². The second-order valence-electron chi connectivity index (χ2n) is 15.7. The van der Waals surface area contributed by atoms with Crippen LogP contribution in [0.5, 0.6) is 5.75 Å². The van der Waals surface area contributed by atoms with E-state index in [0.29, 0.717) is 23.2 Å². The molecule has 8 rings (SSSR count). The quantitative estimate of drug-likeness (QED) is 0.122. The maximum Gasteiger partial charge on any atom is 0.255 e. The van der Waals surface area contributed by atoms with E-state index in [9.17, 15) is 29.1 Å². The predicted molar refractivity (Wildman–Crippen MR) is 236 cm³/mol. The Labute approximate surface area is 359 Å². The number of carbonyl (C=O) groups excluding carboxylic acids is 5. The highest BCUT2D eigenvalue weighted by molar-refractivity contribution is 6.06. The number of carbonyl (C=O) groups is 5. The van der Waals surface area contributed by atoms with Crippen molar-refractivity contribution in [3.63, 3.8) is 0 Å². The van der Waals surface area contributed by atoms with Gasteiger partial charge in [-0.15, -0.1) is 6.58 Å². The number of primary amides is 1. The molecule has 2 atom stereocenters. The number of aromatic hydroxyl groups is 1. The number of benzene rings is 5. The van der Waals surface area contributed by atoms with E-state index >= 15 is 0 Å². The summed E-state index contributed by atoms with van der Waals surface area (Å²) in [6.45, 7) is 4.39. The van der Waals surface area contributed by atoms with Gasteiger partial charge in [0, 0.05) is 66.9 Å². The number of nitrogens with one attached hydrogen (secondary N) is 1. The van der Waals surface area contributed by atoms with Crippen LogP contribution in [0.4, 0.5) is 5.69 Å². The highest BCUT2D eigenvalue weighted by Gasteiger charge is 2.51. The number of nitrogens with two attached hydrogens (primary N) is 1. The van der Waals surface area contributed by atoms with Crippen LogP contribution in [-0.2, 0) is 40.8 Å². The van der Waals surface area contributed by atoms with Gasteiger partial charge in [-0.05, 0) is 71.1 Å². The Morgan fingerprint density at radius 1 is 0.871 bits per heavy atom. The molecule has 5 aromatic carbocycles. The lowest BCUT2D eigenvalue weighted by Gasteiger charge is -2.55. The summed E-state index contributed by atoms with van der Waals surface area (Å²) < 4.78 is 2.02. The van der Waals surface area contributed by atoms with Gasteiger partial charge < -0.3 is 30.5 Å². The summed E-state index contributed by atoms with van der Waals surface area (Å²) >= 11 is 0. The Kier molecular flexibility index (Phi) is 11.7. The average Bonchev–Trinajstić information content (AvgIpc) is 3.62. The number of phenols is 1. The minimum Gasteiger partial charge on any atom is -0.508 e. The van der Waals surface area contributed by atoms with Gasteiger partial charge in [-0.3, -0.25) is 24.0 Å². The third-order valence-corrected chi connectivity index (χ3v) is 11.6. The van der Waals surface area contributed by atoms with Crippen molar-refractivity contribution in [2.45, 2.75) is 38.0 Å². The zero-order valence-electron chi connectivity index (χ0n) is 34.3. The number of fused-ring (bicyclic) bond motifs is 2. The van der Waals surface area contributed by atoms with Gasteiger partial charge in [0.2, 0.25) is 23.6 Å². The molecule has 2 saturated heterocycles. The fourth-order valence-corrected chi connectivity index (χ4v) is 8.64. The van der Waals surface area contributed by atoms with Crippen LogP contribution in [0.3, 0.4) is 0 Å². The molecular formula is C49H47N7O6. The minimum absolute atomic E-state index is 0.0825. The van der Waals surface area contributed by atoms with Crippen molar-refractivity contribution in [2.24, 2.45) is 12.8 Å². The Morgan fingerprint density at radius 3 is 2.34 bits per heavy atom. The van der Waals surface area contributed by atoms with Crippen LogP contribution >= 0.6 is 0 Å². The van der Waals surface area contributed by atoms with E-state index in [1.807, 2.05) is 78.5 Å². The summed E-state index contributed by atoms with van der Waals surface area (Å²) in [4.78, 5) is 71.4. The highest BCUT2D eigenvalue weighted by atomic mass is 16.3. The molecule has 0 bridgehead atoms. The SMILES string of the molecule is C=CCN1CC(=O)N2[C@@H](Cc3ccc(O)cc3)C(=O)N(Cc3cccc4c(-c5ccc(C(=O)Nc6cccc(C(N)=O)c6)cc5)cn(C)c34)C[C@@H]2N1C(=O)CCc1ccccc1. The Hall–Kier alpha value is -7.51. The molecule has 62 heavy (non-hydrogen) atoms. The van der Waals surface area contributed by atoms with E-state index in [2.05, 4.69) is 11.9 Å². The van der Waals surface area contributed by atoms with Crippen molar-refractivity contribution in [3.8, 4) is 16.9 Å². The topological polar surface area (TPSA) is 162 Å². The fourth-order valence-electron chi connectivity index (χ4n) is 8.64. The van der Waals surface area contributed by atoms with Crippen molar-refractivity contribution in [1.29, 1.82) is 0 Å². The molecule has 314 valence electrons. The van der Waals surface area contributed by atoms with Gasteiger partial charge in [0.25, 0.3) is 5.91 Å². The number of phenolic OH excluding ortho intramolecular Hbond substituents is 1. The number of hydrazine groups is 1. The lowest BCUT2D eigenvalue weighted by Crippen LogP contribution is -2.75. The summed E-state index contributed by atoms with van der Waals surface area (Å²) in [5, 5.41) is 17.2. The summed E-state index contributed by atoms with van der Waals surface area (Å²) in [5.41, 5.74) is 12.0. The normalized spacial score (nSPS) is 16.6. The predicted octanol–water partition coefficient (Wildman–Crippen LogP) is 5.89. The molecule has 2 fully saturated rings. The second kappa shape index (κ2) is 17.6. The van der Waals surface area contributed by atoms with Crippen molar-refractivity contribution >= 4 is 46.1 Å². The summed E-state index contributed by atoms with van der Waals surface area (Å²) in [7, 11) is 1.95. The molecule has 0 radical (unpaired) electrons. The lowest BCUT2D eigenvalue weighted by atomic mass is 9.97. The van der Waals surface area contributed by atoms with Gasteiger partial charge in [-0.2, -0.15) is 0 Å². The third-order valence-electron chi connectivity index (χ3n) is 11.6. The molecule has 0 saturated carbocycles. The monoisotopic (exact) mass is 829 g/mol. The molecule has 0 unspecified atom stereocenters. The molecule has 13 nitrogen and oxygen atoms in total. The molecule has 1 aromatic heterocycles. The van der Waals surface area contributed by atoms with E-state index in [4.69, 9.17) is 5.73 Å². The number of nitrogens with zero attached hydrogens (tertiary/aromatic N) is 5. The lowest BCUT2D eigenvalue weighted by molar-refractivity contribution is -0.205. The average molecular weight is 830 g/mol. The fraction of sp³-hybridized carbons (Fsp3) is 0.204. The Bertz CT molecular complexity index is 2680. The number of amides is 5. The number of anilines is 1. The molecular weight excluding hydrogens is 783 g/mol. The maximum atomic E-state index is 14.8. The van der Waals surface area contributed by atoms with Gasteiger partial charge in [0.15, 0.2) is 0 Å². The van der Waals surface area contributed by atoms with Crippen LogP contribution in [0.25, 0.3) is 22.0 Å². The van der Waals surface area contributed by atoms with Gasteiger partial charge in [-0.1, -0.05) is 84.9 Å². The van der Waals surface area contributed by atoms with Gasteiger partial charge in [0.1, 0.15) is 18.0 Å². The molecule has 5 amide bonds. The second-order valence-corrected chi connectivity index (χ2v) is 15.7. The molecule has 2 aliphatic rings. The van der Waals surface area contributed by atoms with Crippen molar-refractivity contribution in [2.75, 3.05) is 25.0 Å². The minimum atomic E-state index is -0.910. The van der Waals surface area contributed by atoms with Crippen LogP contribution in [0.2, 0.25) is 0 Å². The highest BCUT2D eigenvalue weighted by Crippen LogP contribution is 2.35. The number of hydrogen-bond acceptors (Lipinski definition) is 7. The van der Waals surface area contributed by atoms with Crippen LogP contribution in [-0.4, -0.2) is 90.9 Å². The van der Waals surface area contributed by atoms with E-state index < -0.39 is 18.1 Å². The van der Waals surface area contributed by atoms with E-state index in [1.54, 1.807) is 80.5 Å². The number of para-hydroxylation sites is 1. The molecule has 3 heterocycles. The largest absolute Gasteiger partial charge is 0.508 e. The molecule has 6 aromatic rings. The van der Waals surface area contributed by atoms with Crippen molar-refractivity contribution in [1.82, 2.24) is 24.4 Å². The summed E-state index contributed by atoms with van der Waals surface area (Å²) in [5.74, 6) is -1.49. The first-order valence-electron chi connectivity index (χ1n) is 20.5. The standard InChI is InChI=1S/C49H47N7O6/c1-3-25-54-31-45(59)55-42(26-33-15-22-39(57)23-16-33)49(62)53(30-43(55)56(54)44(58)24-17-32-9-5-4-6-10-32)28-37-12-8-14-40-41(29-52(2)46(37)40)34-18-20-35(21-19-34)48(61)51-38-13-7-11-36(27-38)47(50)60/h3-16,18-23,27,29,42-43,57H,1,17,24-26,28,30-31H2,2H3,(H2,50,60)(H,51,61)/t42-,43-/m0/s1. The number of piperazine rings is 1. The van der Waals surface area contributed by atoms with Crippen LogP contribution in [0.1, 0.15) is 43.8 Å². The van der Waals surface area contributed by atoms with E-state index in [0.717, 1.165) is 38.7 Å². The van der Waals surface area contributed by atoms with Gasteiger partial charge >= 0.3 is 0 Å². The smallest absolute Gasteiger partial charge is 0.255 e. The first-order chi connectivity index (χ1) is 30.0. The van der Waals surface area contributed by atoms with Crippen LogP contribution < -0.4 is 11.1 Å². The number of hydrogen-bond donors (Lipinski definition) is 3. The van der Waals surface area contributed by atoms with Gasteiger partial charge in [-0.25, -0.2) is 10.0 Å². The Morgan fingerprint density at radius 2 is 1.61 bits per heavy atom. The summed E-state index contributed by atoms with van der Waals surface area (Å²) in [6, 6.07) is 35.1. The third kappa shape index (κ3) is 8.43. The zero-order chi connectivity index (χ0) is 43.5. The zero-order valence-corrected chi connectivity index (χ0v) is 34.3. The number of aromatic nitrogens is 1. The van der Waals surface area contributed by atoms with Crippen LogP contribution in [0, 0.1) is 0 Å². The molecule has 0 aliphatic carbocycles. The van der Waals surface area contributed by atoms with E-state index in [1.165, 1.54) is 6.07 Å². The summed E-state index contributed by atoms with van der Waals surface area (Å²) in [6.07, 6.45) is 3.82. The first kappa shape index (κ1) is 41.2. The van der Waals surface area contributed by atoms with Gasteiger partial charge in [0.05, 0.1) is 18.6 Å². The maximum absolute atomic E-state index is 14.8. The molecule has 0 spiro atoms. The Balaban J connectivity index is 1.10. The number of aryl methyl sites for hydroxylation is 2. The molecule has 2 aliphatic heterocycles.